The molecule has 1 fully saturated rings. The van der Waals surface area contributed by atoms with E-state index in [1.165, 1.54) is 6.20 Å². The molecule has 1 unspecified atom stereocenters. The summed E-state index contributed by atoms with van der Waals surface area (Å²) in [6.07, 6.45) is 8.03. The highest BCUT2D eigenvalue weighted by molar-refractivity contribution is 5.33. The molecule has 2 aromatic heterocycles. The first-order valence-electron chi connectivity index (χ1n) is 7.08. The summed E-state index contributed by atoms with van der Waals surface area (Å²) >= 11 is 0. The summed E-state index contributed by atoms with van der Waals surface area (Å²) < 4.78 is 1.90. The van der Waals surface area contributed by atoms with Gasteiger partial charge in [-0.2, -0.15) is 5.10 Å². The first-order chi connectivity index (χ1) is 10.2. The minimum Gasteiger partial charge on any atom is -0.391 e. The first-order valence-corrected chi connectivity index (χ1v) is 7.08. The molecule has 2 heterocycles. The van der Waals surface area contributed by atoms with Crippen molar-refractivity contribution < 1.29 is 10.2 Å². The van der Waals surface area contributed by atoms with Gasteiger partial charge in [-0.3, -0.25) is 9.67 Å². The molecule has 0 amide bonds. The predicted molar refractivity (Wildman–Crippen MR) is 76.3 cm³/mol. The molecular weight excluding hydrogens is 270 g/mol. The van der Waals surface area contributed by atoms with E-state index in [1.807, 2.05) is 16.9 Å². The molecule has 0 aliphatic heterocycles. The quantitative estimate of drug-likeness (QED) is 0.738. The molecule has 1 aliphatic carbocycles. The van der Waals surface area contributed by atoms with E-state index in [4.69, 9.17) is 5.11 Å². The standard InChI is InChI=1S/C14H19N5O2/c20-9-11-6-16-14(7-15-11)18-12-4-10(5-13(12)21)8-19-3-1-2-17-19/h1-3,6-7,10,12-13,20-21H,4-5,8-9H2,(H,16,18)/t10?,12-,13-/m1/s1. The van der Waals surface area contributed by atoms with Gasteiger partial charge in [-0.1, -0.05) is 0 Å². The van der Waals surface area contributed by atoms with E-state index < -0.39 is 6.10 Å². The summed E-state index contributed by atoms with van der Waals surface area (Å²) in [5.74, 6) is 1.01. The molecule has 0 saturated heterocycles. The van der Waals surface area contributed by atoms with E-state index in [-0.39, 0.29) is 12.6 Å². The zero-order chi connectivity index (χ0) is 14.7. The summed E-state index contributed by atoms with van der Waals surface area (Å²) in [5.41, 5.74) is 0.532. The average molecular weight is 289 g/mol. The van der Waals surface area contributed by atoms with Gasteiger partial charge in [0.05, 0.1) is 36.8 Å². The van der Waals surface area contributed by atoms with Crippen LogP contribution in [0.5, 0.6) is 0 Å². The van der Waals surface area contributed by atoms with E-state index in [0.29, 0.717) is 17.4 Å². The molecule has 3 N–H and O–H groups in total. The van der Waals surface area contributed by atoms with Gasteiger partial charge < -0.3 is 15.5 Å². The second-order valence-corrected chi connectivity index (χ2v) is 5.43. The van der Waals surface area contributed by atoms with Gasteiger partial charge in [-0.25, -0.2) is 4.98 Å². The van der Waals surface area contributed by atoms with E-state index in [9.17, 15) is 5.11 Å². The minimum atomic E-state index is -0.398. The monoisotopic (exact) mass is 289 g/mol. The van der Waals surface area contributed by atoms with Crippen LogP contribution in [0.25, 0.3) is 0 Å². The lowest BCUT2D eigenvalue weighted by Crippen LogP contribution is -2.28. The van der Waals surface area contributed by atoms with Crippen LogP contribution in [0.2, 0.25) is 0 Å². The van der Waals surface area contributed by atoms with Crippen LogP contribution in [0.1, 0.15) is 18.5 Å². The van der Waals surface area contributed by atoms with Crippen molar-refractivity contribution in [2.75, 3.05) is 5.32 Å². The molecular formula is C14H19N5O2. The Balaban J connectivity index is 1.58. The van der Waals surface area contributed by atoms with Crippen molar-refractivity contribution in [2.24, 2.45) is 5.92 Å². The van der Waals surface area contributed by atoms with E-state index in [1.54, 1.807) is 12.4 Å². The summed E-state index contributed by atoms with van der Waals surface area (Å²) in [5, 5.41) is 26.5. The largest absolute Gasteiger partial charge is 0.391 e. The Morgan fingerprint density at radius 3 is 2.86 bits per heavy atom. The molecule has 1 saturated carbocycles. The molecule has 0 radical (unpaired) electrons. The summed E-state index contributed by atoms with van der Waals surface area (Å²) in [4.78, 5) is 8.26. The van der Waals surface area contributed by atoms with Crippen molar-refractivity contribution in [3.63, 3.8) is 0 Å². The van der Waals surface area contributed by atoms with Crippen LogP contribution in [-0.4, -0.2) is 42.1 Å². The van der Waals surface area contributed by atoms with Crippen molar-refractivity contribution in [3.05, 3.63) is 36.5 Å². The molecule has 0 bridgehead atoms. The van der Waals surface area contributed by atoms with Crippen LogP contribution in [0.15, 0.2) is 30.9 Å². The Bertz CT molecular complexity index is 557. The van der Waals surface area contributed by atoms with Gasteiger partial charge in [0.25, 0.3) is 0 Å². The van der Waals surface area contributed by atoms with E-state index >= 15 is 0 Å². The Labute approximate surface area is 122 Å². The van der Waals surface area contributed by atoms with Crippen LogP contribution < -0.4 is 5.32 Å². The van der Waals surface area contributed by atoms with Crippen LogP contribution in [-0.2, 0) is 13.2 Å². The van der Waals surface area contributed by atoms with Crippen LogP contribution in [0, 0.1) is 5.92 Å². The molecule has 3 rings (SSSR count). The summed E-state index contributed by atoms with van der Waals surface area (Å²) in [6.45, 7) is 0.697. The van der Waals surface area contributed by atoms with Gasteiger partial charge in [-0.05, 0) is 24.8 Å². The third-order valence-electron chi connectivity index (χ3n) is 3.83. The molecule has 112 valence electrons. The SMILES string of the molecule is OCc1cnc(N[C@@H]2CC(Cn3cccn3)C[C@H]2O)cn1. The van der Waals surface area contributed by atoms with Crippen molar-refractivity contribution >= 4 is 5.82 Å². The number of anilines is 1. The predicted octanol–water partition coefficient (Wildman–Crippen LogP) is 0.417. The maximum atomic E-state index is 10.2. The van der Waals surface area contributed by atoms with Crippen LogP contribution in [0.3, 0.4) is 0 Å². The Morgan fingerprint density at radius 2 is 2.19 bits per heavy atom. The maximum Gasteiger partial charge on any atom is 0.144 e. The number of aliphatic hydroxyl groups is 2. The fraction of sp³-hybridized carbons (Fsp3) is 0.500. The molecule has 3 atom stereocenters. The van der Waals surface area contributed by atoms with Crippen LogP contribution >= 0.6 is 0 Å². The molecule has 2 aromatic rings. The van der Waals surface area contributed by atoms with E-state index in [2.05, 4.69) is 20.4 Å². The number of nitrogens with zero attached hydrogens (tertiary/aromatic N) is 4. The lowest BCUT2D eigenvalue weighted by Gasteiger charge is -2.16. The fourth-order valence-electron chi connectivity index (χ4n) is 2.80. The minimum absolute atomic E-state index is 0.0279. The second-order valence-electron chi connectivity index (χ2n) is 5.43. The molecule has 0 spiro atoms. The third-order valence-corrected chi connectivity index (χ3v) is 3.83. The molecule has 21 heavy (non-hydrogen) atoms. The first kappa shape index (κ1) is 14.0. The van der Waals surface area contributed by atoms with Gasteiger partial charge in [0, 0.05) is 18.9 Å². The molecule has 0 aromatic carbocycles. The lowest BCUT2D eigenvalue weighted by molar-refractivity contribution is 0.166. The number of rotatable bonds is 5. The van der Waals surface area contributed by atoms with Gasteiger partial charge >= 0.3 is 0 Å². The lowest BCUT2D eigenvalue weighted by atomic mass is 10.1. The molecule has 1 aliphatic rings. The number of nitrogens with one attached hydrogen (secondary N) is 1. The van der Waals surface area contributed by atoms with Crippen molar-refractivity contribution in [1.82, 2.24) is 19.7 Å². The fourth-order valence-corrected chi connectivity index (χ4v) is 2.80. The van der Waals surface area contributed by atoms with Gasteiger partial charge in [0.1, 0.15) is 5.82 Å². The molecule has 7 heteroatoms. The summed E-state index contributed by atoms with van der Waals surface area (Å²) in [7, 11) is 0. The highest BCUT2D eigenvalue weighted by Gasteiger charge is 2.33. The zero-order valence-corrected chi connectivity index (χ0v) is 11.6. The Kier molecular flexibility index (Phi) is 4.12. The number of aromatic nitrogens is 4. The third kappa shape index (κ3) is 3.37. The summed E-state index contributed by atoms with van der Waals surface area (Å²) in [6, 6.07) is 1.87. The number of hydrogen-bond acceptors (Lipinski definition) is 6. The maximum absolute atomic E-state index is 10.2. The smallest absolute Gasteiger partial charge is 0.144 e. The second kappa shape index (κ2) is 6.19. The molecule has 7 nitrogen and oxygen atoms in total. The van der Waals surface area contributed by atoms with Gasteiger partial charge in [0.2, 0.25) is 0 Å². The van der Waals surface area contributed by atoms with Crippen molar-refractivity contribution in [2.45, 2.75) is 38.1 Å². The van der Waals surface area contributed by atoms with Crippen molar-refractivity contribution in [3.8, 4) is 0 Å². The van der Waals surface area contributed by atoms with Crippen LogP contribution in [0.4, 0.5) is 5.82 Å². The van der Waals surface area contributed by atoms with Gasteiger partial charge in [-0.15, -0.1) is 0 Å². The van der Waals surface area contributed by atoms with Crippen molar-refractivity contribution in [1.29, 1.82) is 0 Å². The number of aliphatic hydroxyl groups excluding tert-OH is 2. The Morgan fingerprint density at radius 1 is 1.29 bits per heavy atom. The zero-order valence-electron chi connectivity index (χ0n) is 11.6. The highest BCUT2D eigenvalue weighted by atomic mass is 16.3. The van der Waals surface area contributed by atoms with E-state index in [0.717, 1.165) is 19.4 Å². The Hall–Kier alpha value is -1.99. The average Bonchev–Trinajstić information content (AvgIpc) is 3.11. The normalized spacial score (nSPS) is 25.1. The number of hydrogen-bond donors (Lipinski definition) is 3. The van der Waals surface area contributed by atoms with Gasteiger partial charge in [0.15, 0.2) is 0 Å². The topological polar surface area (TPSA) is 96.1 Å². The highest BCUT2D eigenvalue weighted by Crippen LogP contribution is 2.29.